The first-order chi connectivity index (χ1) is 4.59. The van der Waals surface area contributed by atoms with Gasteiger partial charge in [-0.25, -0.2) is 0 Å². The number of nitrogens with two attached hydrogens (primary N) is 2. The van der Waals surface area contributed by atoms with Crippen molar-refractivity contribution >= 4 is 5.97 Å². The SMILES string of the molecule is NCCC(O)[C@H](N)C(=O)O. The zero-order chi connectivity index (χ0) is 8.15. The van der Waals surface area contributed by atoms with Gasteiger partial charge in [0.2, 0.25) is 0 Å². The Bertz CT molecular complexity index is 117. The molecule has 0 heterocycles. The summed E-state index contributed by atoms with van der Waals surface area (Å²) in [6.07, 6.45) is -0.824. The predicted octanol–water partition coefficient (Wildman–Crippen LogP) is -1.89. The highest BCUT2D eigenvalue weighted by atomic mass is 16.4. The van der Waals surface area contributed by atoms with Crippen molar-refractivity contribution in [3.05, 3.63) is 0 Å². The number of aliphatic carboxylic acids is 1. The molecule has 0 bridgehead atoms. The van der Waals surface area contributed by atoms with E-state index in [-0.39, 0.29) is 13.0 Å². The number of aliphatic hydroxyl groups is 1. The van der Waals surface area contributed by atoms with Crippen molar-refractivity contribution in [3.8, 4) is 0 Å². The molecule has 6 N–H and O–H groups in total. The number of carboxylic acids is 1. The van der Waals surface area contributed by atoms with E-state index in [4.69, 9.17) is 21.7 Å². The van der Waals surface area contributed by atoms with E-state index in [2.05, 4.69) is 0 Å². The van der Waals surface area contributed by atoms with E-state index in [0.717, 1.165) is 0 Å². The Kier molecular flexibility index (Phi) is 3.94. The van der Waals surface area contributed by atoms with Crippen LogP contribution in [0.15, 0.2) is 0 Å². The van der Waals surface area contributed by atoms with Crippen molar-refractivity contribution in [2.24, 2.45) is 11.5 Å². The first-order valence-electron chi connectivity index (χ1n) is 2.96. The maximum atomic E-state index is 10.1. The van der Waals surface area contributed by atoms with Crippen LogP contribution in [0.4, 0.5) is 0 Å². The molecule has 0 saturated heterocycles. The van der Waals surface area contributed by atoms with Gasteiger partial charge in [0.05, 0.1) is 6.10 Å². The minimum Gasteiger partial charge on any atom is -0.480 e. The van der Waals surface area contributed by atoms with Crippen LogP contribution in [-0.4, -0.2) is 34.9 Å². The summed E-state index contributed by atoms with van der Waals surface area (Å²) in [5, 5.41) is 17.2. The Labute approximate surface area is 58.6 Å². The molecular formula is C5H12N2O3. The molecule has 0 radical (unpaired) electrons. The van der Waals surface area contributed by atoms with E-state index in [1.807, 2.05) is 0 Å². The van der Waals surface area contributed by atoms with Crippen LogP contribution in [-0.2, 0) is 4.79 Å². The van der Waals surface area contributed by atoms with Gasteiger partial charge in [0.15, 0.2) is 0 Å². The van der Waals surface area contributed by atoms with Crippen LogP contribution in [0.1, 0.15) is 6.42 Å². The highest BCUT2D eigenvalue weighted by Crippen LogP contribution is 1.94. The van der Waals surface area contributed by atoms with Crippen LogP contribution in [0.5, 0.6) is 0 Å². The number of aliphatic hydroxyl groups excluding tert-OH is 1. The molecule has 5 heteroatoms. The molecule has 0 amide bonds. The highest BCUT2D eigenvalue weighted by molar-refractivity contribution is 5.73. The standard InChI is InChI=1S/C5H12N2O3/c6-2-1-3(8)4(7)5(9)10/h3-4,8H,1-2,6-7H2,(H,9,10)/t3?,4-/m0/s1. The van der Waals surface area contributed by atoms with Gasteiger partial charge in [-0.2, -0.15) is 0 Å². The van der Waals surface area contributed by atoms with E-state index < -0.39 is 18.1 Å². The summed E-state index contributed by atoms with van der Waals surface area (Å²) in [6.45, 7) is 0.238. The van der Waals surface area contributed by atoms with Crippen molar-refractivity contribution in [2.45, 2.75) is 18.6 Å². The molecule has 1 unspecified atom stereocenters. The minimum absolute atomic E-state index is 0.216. The lowest BCUT2D eigenvalue weighted by molar-refractivity contribution is -0.141. The molecule has 2 atom stereocenters. The van der Waals surface area contributed by atoms with Crippen molar-refractivity contribution in [1.82, 2.24) is 0 Å². The van der Waals surface area contributed by atoms with Crippen LogP contribution in [0.2, 0.25) is 0 Å². The molecule has 0 aliphatic heterocycles. The molecule has 0 spiro atoms. The lowest BCUT2D eigenvalue weighted by atomic mass is 10.1. The molecular weight excluding hydrogens is 136 g/mol. The molecule has 0 rings (SSSR count). The van der Waals surface area contributed by atoms with Gasteiger partial charge < -0.3 is 21.7 Å². The first-order valence-corrected chi connectivity index (χ1v) is 2.96. The van der Waals surface area contributed by atoms with E-state index in [1.165, 1.54) is 0 Å². The zero-order valence-electron chi connectivity index (χ0n) is 5.53. The maximum absolute atomic E-state index is 10.1. The second-order valence-corrected chi connectivity index (χ2v) is 2.01. The van der Waals surface area contributed by atoms with Gasteiger partial charge >= 0.3 is 5.97 Å². The Morgan fingerprint density at radius 2 is 2.10 bits per heavy atom. The summed E-state index contributed by atoms with van der Waals surface area (Å²) < 4.78 is 0. The molecule has 0 aliphatic carbocycles. The Morgan fingerprint density at radius 1 is 1.60 bits per heavy atom. The lowest BCUT2D eigenvalue weighted by Crippen LogP contribution is -2.42. The summed E-state index contributed by atoms with van der Waals surface area (Å²) in [5.74, 6) is -1.21. The van der Waals surface area contributed by atoms with E-state index in [9.17, 15) is 4.79 Å². The molecule has 0 saturated carbocycles. The Morgan fingerprint density at radius 3 is 2.40 bits per heavy atom. The molecule has 0 aromatic heterocycles. The van der Waals surface area contributed by atoms with Gasteiger partial charge in [-0.3, -0.25) is 4.79 Å². The monoisotopic (exact) mass is 148 g/mol. The fourth-order valence-electron chi connectivity index (χ4n) is 0.515. The normalized spacial score (nSPS) is 16.3. The van der Waals surface area contributed by atoms with Crippen molar-refractivity contribution in [3.63, 3.8) is 0 Å². The van der Waals surface area contributed by atoms with Crippen LogP contribution in [0, 0.1) is 0 Å². The van der Waals surface area contributed by atoms with Crippen molar-refractivity contribution < 1.29 is 15.0 Å². The second kappa shape index (κ2) is 4.21. The van der Waals surface area contributed by atoms with Gasteiger partial charge in [-0.1, -0.05) is 0 Å². The summed E-state index contributed by atoms with van der Waals surface area (Å²) in [6, 6.07) is -1.22. The van der Waals surface area contributed by atoms with E-state index >= 15 is 0 Å². The average molecular weight is 148 g/mol. The number of rotatable bonds is 4. The fourth-order valence-corrected chi connectivity index (χ4v) is 0.515. The summed E-state index contributed by atoms with van der Waals surface area (Å²) in [4.78, 5) is 10.1. The zero-order valence-corrected chi connectivity index (χ0v) is 5.53. The third-order valence-electron chi connectivity index (χ3n) is 1.16. The van der Waals surface area contributed by atoms with Crippen molar-refractivity contribution in [1.29, 1.82) is 0 Å². The van der Waals surface area contributed by atoms with Gasteiger partial charge in [0.25, 0.3) is 0 Å². The number of carbonyl (C=O) groups is 1. The van der Waals surface area contributed by atoms with Crippen LogP contribution >= 0.6 is 0 Å². The maximum Gasteiger partial charge on any atom is 0.323 e. The number of hydrogen-bond acceptors (Lipinski definition) is 4. The fraction of sp³-hybridized carbons (Fsp3) is 0.800. The second-order valence-electron chi connectivity index (χ2n) is 2.01. The molecule has 0 aliphatic rings. The van der Waals surface area contributed by atoms with Crippen LogP contribution in [0.3, 0.4) is 0 Å². The van der Waals surface area contributed by atoms with Gasteiger partial charge in [-0.05, 0) is 13.0 Å². The Balaban J connectivity index is 3.69. The first kappa shape index (κ1) is 9.35. The number of hydrogen-bond donors (Lipinski definition) is 4. The van der Waals surface area contributed by atoms with E-state index in [0.29, 0.717) is 0 Å². The molecule has 0 aromatic rings. The van der Waals surface area contributed by atoms with Crippen LogP contribution in [0.25, 0.3) is 0 Å². The minimum atomic E-state index is -1.22. The quantitative estimate of drug-likeness (QED) is 0.372. The van der Waals surface area contributed by atoms with E-state index in [1.54, 1.807) is 0 Å². The highest BCUT2D eigenvalue weighted by Gasteiger charge is 2.20. The predicted molar refractivity (Wildman–Crippen MR) is 35.3 cm³/mol. The molecule has 0 fully saturated rings. The molecule has 60 valence electrons. The summed E-state index contributed by atoms with van der Waals surface area (Å²) in [5.41, 5.74) is 10.1. The summed E-state index contributed by atoms with van der Waals surface area (Å²) in [7, 11) is 0. The third kappa shape index (κ3) is 2.77. The lowest BCUT2D eigenvalue weighted by Gasteiger charge is -2.12. The smallest absolute Gasteiger partial charge is 0.323 e. The number of carboxylic acid groups (broad SMARTS) is 1. The van der Waals surface area contributed by atoms with Crippen LogP contribution < -0.4 is 11.5 Å². The van der Waals surface area contributed by atoms with Gasteiger partial charge in [0, 0.05) is 0 Å². The average Bonchev–Trinajstić information content (AvgIpc) is 1.87. The molecule has 10 heavy (non-hydrogen) atoms. The van der Waals surface area contributed by atoms with Gasteiger partial charge in [-0.15, -0.1) is 0 Å². The topological polar surface area (TPSA) is 110 Å². The van der Waals surface area contributed by atoms with Crippen molar-refractivity contribution in [2.75, 3.05) is 6.54 Å². The third-order valence-corrected chi connectivity index (χ3v) is 1.16. The largest absolute Gasteiger partial charge is 0.480 e. The Hall–Kier alpha value is -0.650. The summed E-state index contributed by atoms with van der Waals surface area (Å²) >= 11 is 0. The molecule has 5 nitrogen and oxygen atoms in total. The molecule has 0 aromatic carbocycles. The van der Waals surface area contributed by atoms with Gasteiger partial charge in [0.1, 0.15) is 6.04 Å².